The number of benzene rings is 2. The van der Waals surface area contributed by atoms with E-state index in [0.717, 1.165) is 10.3 Å². The Morgan fingerprint density at radius 3 is 2.50 bits per heavy atom. The number of nitrogens with zero attached hydrogens (tertiary/aromatic N) is 3. The molecule has 3 N–H and O–H groups in total. The Kier molecular flexibility index (Phi) is 9.55. The minimum absolute atomic E-state index is 0.0939. The lowest BCUT2D eigenvalue weighted by Gasteiger charge is -2.26. The van der Waals surface area contributed by atoms with Gasteiger partial charge in [-0.05, 0) is 23.6 Å². The number of aliphatic carboxylic acids is 1. The fraction of sp³-hybridized carbons (Fsp3) is 0.276. The Bertz CT molecular complexity index is 1520. The molecule has 0 saturated carbocycles. The number of carbonyl (C=O) groups is 6. The Hall–Kier alpha value is -5.17. The van der Waals surface area contributed by atoms with E-state index in [1.54, 1.807) is 47.4 Å². The first-order chi connectivity index (χ1) is 20.2. The van der Waals surface area contributed by atoms with Gasteiger partial charge >= 0.3 is 5.97 Å². The molecule has 0 saturated heterocycles. The van der Waals surface area contributed by atoms with Gasteiger partial charge in [0.25, 0.3) is 11.8 Å². The first-order valence-corrected chi connectivity index (χ1v) is 13.0. The van der Waals surface area contributed by atoms with Crippen LogP contribution in [0.4, 0.5) is 11.4 Å². The Morgan fingerprint density at radius 1 is 1.07 bits per heavy atom. The molecule has 1 aromatic heterocycles. The van der Waals surface area contributed by atoms with Crippen LogP contribution in [0.2, 0.25) is 0 Å². The number of fused-ring (bicyclic) bond motifs is 2. The number of Topliss-reactive ketones (excluding diaryl/α,β-unsaturated/α-hetero) is 1. The molecular weight excluding hydrogens is 546 g/mol. The number of carbonyl (C=O) groups excluding carboxylic acids is 5. The maximum absolute atomic E-state index is 14.0. The first kappa shape index (κ1) is 29.8. The van der Waals surface area contributed by atoms with Crippen molar-refractivity contribution in [2.24, 2.45) is 0 Å². The van der Waals surface area contributed by atoms with Gasteiger partial charge in [0, 0.05) is 25.2 Å². The minimum Gasteiger partial charge on any atom is -0.481 e. The second-order valence-electron chi connectivity index (χ2n) is 9.58. The topological polar surface area (TPSA) is 175 Å². The average Bonchev–Trinajstić information content (AvgIpc) is 3.07. The van der Waals surface area contributed by atoms with Gasteiger partial charge in [-0.15, -0.1) is 0 Å². The third-order valence-corrected chi connectivity index (χ3v) is 6.55. The number of carboxylic acid groups (broad SMARTS) is 1. The van der Waals surface area contributed by atoms with E-state index in [9.17, 15) is 28.8 Å². The summed E-state index contributed by atoms with van der Waals surface area (Å²) in [5, 5.41) is 15.4. The van der Waals surface area contributed by atoms with Gasteiger partial charge in [-0.3, -0.25) is 33.9 Å². The van der Waals surface area contributed by atoms with E-state index in [2.05, 4.69) is 15.6 Å². The summed E-state index contributed by atoms with van der Waals surface area (Å²) < 4.78 is 4.97. The van der Waals surface area contributed by atoms with Gasteiger partial charge in [0.05, 0.1) is 30.4 Å². The molecule has 0 aliphatic carbocycles. The second kappa shape index (κ2) is 13.5. The zero-order chi connectivity index (χ0) is 30.2. The standard InChI is InChI=1S/C29H29N5O8/c1-42-17-20(36)13-33-14-22(32-28(40)27-21-7-3-2-6-18(21)10-11-30-27)29(41)34(24-9-5-4-8-23(24)33)15-25(37)31-19(16-35)12-26(38)39/h2-11,16,19,22H,12-15,17H2,1H3,(H,31,37)(H,32,40)(H,38,39)/t19-,22-/m0/s1. The van der Waals surface area contributed by atoms with Crippen molar-refractivity contribution in [3.63, 3.8) is 0 Å². The summed E-state index contributed by atoms with van der Waals surface area (Å²) in [6, 6.07) is 12.9. The number of aldehydes is 1. The van der Waals surface area contributed by atoms with E-state index in [0.29, 0.717) is 17.4 Å². The third-order valence-electron chi connectivity index (χ3n) is 6.55. The zero-order valence-electron chi connectivity index (χ0n) is 22.7. The van der Waals surface area contributed by atoms with Gasteiger partial charge in [0.1, 0.15) is 31.2 Å². The van der Waals surface area contributed by atoms with Crippen LogP contribution in [-0.4, -0.2) is 91.3 Å². The third kappa shape index (κ3) is 6.93. The number of anilines is 2. The van der Waals surface area contributed by atoms with Crippen LogP contribution in [0.3, 0.4) is 0 Å². The summed E-state index contributed by atoms with van der Waals surface area (Å²) in [4.78, 5) is 82.3. The molecule has 42 heavy (non-hydrogen) atoms. The maximum Gasteiger partial charge on any atom is 0.305 e. The number of rotatable bonds is 12. The Balaban J connectivity index is 1.69. The number of ether oxygens (including phenoxy) is 1. The number of amides is 3. The molecule has 0 spiro atoms. The lowest BCUT2D eigenvalue weighted by atomic mass is 10.1. The number of nitrogens with one attached hydrogen (secondary N) is 2. The van der Waals surface area contributed by atoms with E-state index in [1.807, 2.05) is 12.1 Å². The summed E-state index contributed by atoms with van der Waals surface area (Å²) in [6.07, 6.45) is 1.15. The lowest BCUT2D eigenvalue weighted by molar-refractivity contribution is -0.139. The normalized spacial score (nSPS) is 15.4. The van der Waals surface area contributed by atoms with Gasteiger partial charge < -0.3 is 30.2 Å². The van der Waals surface area contributed by atoms with Crippen molar-refractivity contribution < 1.29 is 38.6 Å². The molecule has 3 aromatic rings. The van der Waals surface area contributed by atoms with E-state index in [4.69, 9.17) is 9.84 Å². The average molecular weight is 576 g/mol. The van der Waals surface area contributed by atoms with Crippen molar-refractivity contribution in [1.29, 1.82) is 0 Å². The Morgan fingerprint density at radius 2 is 1.79 bits per heavy atom. The predicted molar refractivity (Wildman–Crippen MR) is 151 cm³/mol. The number of ketones is 1. The second-order valence-corrected chi connectivity index (χ2v) is 9.58. The molecule has 13 nitrogen and oxygen atoms in total. The number of methoxy groups -OCH3 is 1. The van der Waals surface area contributed by atoms with Crippen LogP contribution in [-0.2, 0) is 28.7 Å². The molecular formula is C29H29N5O8. The van der Waals surface area contributed by atoms with Gasteiger partial charge in [0.2, 0.25) is 5.91 Å². The Labute approximate surface area is 240 Å². The highest BCUT2D eigenvalue weighted by molar-refractivity contribution is 6.10. The van der Waals surface area contributed by atoms with Crippen molar-refractivity contribution in [2.75, 3.05) is 43.2 Å². The molecule has 0 radical (unpaired) electrons. The quantitative estimate of drug-likeness (QED) is 0.259. The van der Waals surface area contributed by atoms with Crippen LogP contribution >= 0.6 is 0 Å². The van der Waals surface area contributed by atoms with E-state index >= 15 is 0 Å². The molecule has 218 valence electrons. The molecule has 1 aliphatic rings. The van der Waals surface area contributed by atoms with Crippen LogP contribution in [0.1, 0.15) is 16.9 Å². The van der Waals surface area contributed by atoms with Gasteiger partial charge in [-0.25, -0.2) is 0 Å². The molecule has 13 heteroatoms. The summed E-state index contributed by atoms with van der Waals surface area (Å²) >= 11 is 0. The molecule has 0 fully saturated rings. The van der Waals surface area contributed by atoms with Gasteiger partial charge in [-0.1, -0.05) is 36.4 Å². The molecule has 1 aliphatic heterocycles. The summed E-state index contributed by atoms with van der Waals surface area (Å²) in [5.74, 6) is -3.65. The number of carboxylic acids is 1. The summed E-state index contributed by atoms with van der Waals surface area (Å²) in [6.45, 7) is -1.02. The van der Waals surface area contributed by atoms with Gasteiger partial charge in [0.15, 0.2) is 5.78 Å². The van der Waals surface area contributed by atoms with Crippen LogP contribution in [0.25, 0.3) is 10.8 Å². The highest BCUT2D eigenvalue weighted by atomic mass is 16.5. The minimum atomic E-state index is -1.30. The smallest absolute Gasteiger partial charge is 0.305 e. The van der Waals surface area contributed by atoms with Crippen LogP contribution < -0.4 is 20.4 Å². The summed E-state index contributed by atoms with van der Waals surface area (Å²) in [5.41, 5.74) is 0.820. The summed E-state index contributed by atoms with van der Waals surface area (Å²) in [7, 11) is 1.38. The largest absolute Gasteiger partial charge is 0.481 e. The van der Waals surface area contributed by atoms with Crippen LogP contribution in [0, 0.1) is 0 Å². The number of aromatic nitrogens is 1. The van der Waals surface area contributed by atoms with Crippen LogP contribution in [0.5, 0.6) is 0 Å². The molecule has 0 unspecified atom stereocenters. The SMILES string of the molecule is COCC(=O)CN1C[C@H](NC(=O)c2nccc3ccccc23)C(=O)N(CC(=O)N[C@H](C=O)CC(=O)O)c2ccccc21. The molecule has 2 atom stereocenters. The van der Waals surface area contributed by atoms with Crippen molar-refractivity contribution in [2.45, 2.75) is 18.5 Å². The fourth-order valence-electron chi connectivity index (χ4n) is 4.75. The zero-order valence-corrected chi connectivity index (χ0v) is 22.7. The van der Waals surface area contributed by atoms with E-state index in [-0.39, 0.29) is 36.9 Å². The van der Waals surface area contributed by atoms with E-state index in [1.165, 1.54) is 13.3 Å². The molecule has 2 heterocycles. The van der Waals surface area contributed by atoms with Crippen molar-refractivity contribution in [3.8, 4) is 0 Å². The highest BCUT2D eigenvalue weighted by Crippen LogP contribution is 2.33. The lowest BCUT2D eigenvalue weighted by Crippen LogP contribution is -2.54. The number of hydrogen-bond donors (Lipinski definition) is 3. The maximum atomic E-state index is 14.0. The number of hydrogen-bond acceptors (Lipinski definition) is 9. The molecule has 0 bridgehead atoms. The molecule has 3 amide bonds. The highest BCUT2D eigenvalue weighted by Gasteiger charge is 2.37. The molecule has 4 rings (SSSR count). The predicted octanol–water partition coefficient (Wildman–Crippen LogP) is 0.560. The van der Waals surface area contributed by atoms with Crippen molar-refractivity contribution >= 4 is 57.9 Å². The first-order valence-electron chi connectivity index (χ1n) is 13.0. The molecule has 2 aromatic carbocycles. The van der Waals surface area contributed by atoms with Gasteiger partial charge in [-0.2, -0.15) is 0 Å². The number of para-hydroxylation sites is 2. The van der Waals surface area contributed by atoms with Crippen molar-refractivity contribution in [3.05, 3.63) is 66.5 Å². The fourth-order valence-corrected chi connectivity index (χ4v) is 4.75. The van der Waals surface area contributed by atoms with E-state index < -0.39 is 48.7 Å². The monoisotopic (exact) mass is 575 g/mol. The van der Waals surface area contributed by atoms with Crippen LogP contribution in [0.15, 0.2) is 60.8 Å². The van der Waals surface area contributed by atoms with Crippen molar-refractivity contribution in [1.82, 2.24) is 15.6 Å². The number of pyridine rings is 1.